The molecule has 2 aromatic heterocycles. The molecule has 1 saturated heterocycles. The molecule has 0 N–H and O–H groups in total. The SMILES string of the molecule is CC1(C)CC(=O)CC(C)(C)N1C(=O)COC(=O)CSc1ncnc2sccc12. The third-order valence-corrected chi connectivity index (χ3v) is 6.43. The number of likely N-dealkylation sites (tertiary alicyclic amines) is 1. The van der Waals surface area contributed by atoms with Crippen LogP contribution in [0.25, 0.3) is 10.2 Å². The van der Waals surface area contributed by atoms with Gasteiger partial charge in [-0.2, -0.15) is 0 Å². The van der Waals surface area contributed by atoms with Crippen LogP contribution >= 0.6 is 23.1 Å². The van der Waals surface area contributed by atoms with Crippen molar-refractivity contribution in [3.05, 3.63) is 17.8 Å². The molecule has 150 valence electrons. The zero-order chi connectivity index (χ0) is 20.5. The number of thiophene rings is 1. The van der Waals surface area contributed by atoms with Crippen LogP contribution in [0, 0.1) is 0 Å². The first kappa shape index (κ1) is 20.7. The van der Waals surface area contributed by atoms with Gasteiger partial charge in [-0.1, -0.05) is 11.8 Å². The Morgan fingerprint density at radius 2 is 1.89 bits per heavy atom. The normalized spacial score (nSPS) is 18.3. The number of thioether (sulfide) groups is 1. The Bertz CT molecular complexity index is 903. The molecule has 7 nitrogen and oxygen atoms in total. The predicted molar refractivity (Wildman–Crippen MR) is 108 cm³/mol. The third-order valence-electron chi connectivity index (χ3n) is 4.63. The van der Waals surface area contributed by atoms with E-state index in [-0.39, 0.29) is 24.1 Å². The van der Waals surface area contributed by atoms with Crippen molar-refractivity contribution >= 4 is 51.0 Å². The van der Waals surface area contributed by atoms with Gasteiger partial charge in [-0.25, -0.2) is 9.97 Å². The number of amides is 1. The monoisotopic (exact) mass is 421 g/mol. The van der Waals surface area contributed by atoms with Crippen LogP contribution in [-0.2, 0) is 19.1 Å². The molecule has 1 amide bonds. The lowest BCUT2D eigenvalue weighted by molar-refractivity contribution is -0.162. The van der Waals surface area contributed by atoms with Gasteiger partial charge in [0.1, 0.15) is 22.0 Å². The lowest BCUT2D eigenvalue weighted by atomic mass is 9.79. The number of Topliss-reactive ketones (excluding diaryl/α,β-unsaturated/α-hetero) is 1. The van der Waals surface area contributed by atoms with Crippen LogP contribution in [0.15, 0.2) is 22.8 Å². The molecule has 0 atom stereocenters. The fraction of sp³-hybridized carbons (Fsp3) is 0.526. The topological polar surface area (TPSA) is 89.5 Å². The molecule has 1 aliphatic heterocycles. The fourth-order valence-electron chi connectivity index (χ4n) is 3.94. The molecule has 1 aliphatic rings. The maximum atomic E-state index is 12.8. The number of ketones is 1. The Balaban J connectivity index is 1.57. The summed E-state index contributed by atoms with van der Waals surface area (Å²) in [6, 6.07) is 1.92. The zero-order valence-electron chi connectivity index (χ0n) is 16.4. The van der Waals surface area contributed by atoms with Gasteiger partial charge in [0.05, 0.1) is 5.75 Å². The van der Waals surface area contributed by atoms with E-state index in [2.05, 4.69) is 9.97 Å². The van der Waals surface area contributed by atoms with E-state index in [1.165, 1.54) is 29.4 Å². The van der Waals surface area contributed by atoms with Crippen LogP contribution in [-0.4, -0.2) is 56.0 Å². The number of hydrogen-bond acceptors (Lipinski definition) is 8. The molecule has 3 rings (SSSR count). The van der Waals surface area contributed by atoms with Crippen molar-refractivity contribution in [2.75, 3.05) is 12.4 Å². The van der Waals surface area contributed by atoms with E-state index in [1.54, 1.807) is 4.90 Å². The van der Waals surface area contributed by atoms with Crippen LogP contribution in [0.5, 0.6) is 0 Å². The zero-order valence-corrected chi connectivity index (χ0v) is 18.0. The molecule has 2 aromatic rings. The molecule has 0 bridgehead atoms. The molecule has 9 heteroatoms. The van der Waals surface area contributed by atoms with Crippen molar-refractivity contribution in [3.8, 4) is 0 Å². The summed E-state index contributed by atoms with van der Waals surface area (Å²) in [4.78, 5) is 47.8. The first-order chi connectivity index (χ1) is 13.1. The number of carbonyl (C=O) groups is 3. The number of carbonyl (C=O) groups excluding carboxylic acids is 3. The molecule has 0 aromatic carbocycles. The van der Waals surface area contributed by atoms with Crippen LogP contribution in [0.2, 0.25) is 0 Å². The predicted octanol–water partition coefficient (Wildman–Crippen LogP) is 3.08. The van der Waals surface area contributed by atoms with Gasteiger partial charge in [0.2, 0.25) is 0 Å². The van der Waals surface area contributed by atoms with Crippen LogP contribution in [0.1, 0.15) is 40.5 Å². The summed E-state index contributed by atoms with van der Waals surface area (Å²) >= 11 is 2.77. The molecular formula is C19H23N3O4S2. The van der Waals surface area contributed by atoms with Crippen molar-refractivity contribution in [2.24, 2.45) is 0 Å². The van der Waals surface area contributed by atoms with E-state index >= 15 is 0 Å². The highest BCUT2D eigenvalue weighted by Crippen LogP contribution is 2.36. The third kappa shape index (κ3) is 4.35. The molecule has 0 unspecified atom stereocenters. The van der Waals surface area contributed by atoms with E-state index in [4.69, 9.17) is 4.74 Å². The number of piperidine rings is 1. The number of fused-ring (bicyclic) bond motifs is 1. The number of esters is 1. The maximum absolute atomic E-state index is 12.8. The summed E-state index contributed by atoms with van der Waals surface area (Å²) in [7, 11) is 0. The van der Waals surface area contributed by atoms with E-state index in [9.17, 15) is 14.4 Å². The average Bonchev–Trinajstić information content (AvgIpc) is 3.04. The van der Waals surface area contributed by atoms with Crippen molar-refractivity contribution in [2.45, 2.75) is 56.6 Å². The quantitative estimate of drug-likeness (QED) is 0.416. The van der Waals surface area contributed by atoms with Crippen molar-refractivity contribution in [1.29, 1.82) is 0 Å². The summed E-state index contributed by atoms with van der Waals surface area (Å²) in [5.74, 6) is -0.579. The van der Waals surface area contributed by atoms with Gasteiger partial charge in [0, 0.05) is 29.3 Å². The Kier molecular flexibility index (Phi) is 5.77. The van der Waals surface area contributed by atoms with E-state index < -0.39 is 17.0 Å². The highest BCUT2D eigenvalue weighted by molar-refractivity contribution is 8.00. The van der Waals surface area contributed by atoms with Crippen LogP contribution in [0.3, 0.4) is 0 Å². The molecule has 0 aliphatic carbocycles. The Hall–Kier alpha value is -2.00. The number of rotatable bonds is 5. The van der Waals surface area contributed by atoms with Gasteiger partial charge < -0.3 is 9.64 Å². The van der Waals surface area contributed by atoms with Gasteiger partial charge in [-0.05, 0) is 39.1 Å². The standard InChI is InChI=1S/C19H23N3O4S2/c1-18(2)7-12(23)8-19(3,4)22(18)14(24)9-26-15(25)10-28-17-13-5-6-27-16(13)20-11-21-17/h5-6,11H,7-10H2,1-4H3. The minimum Gasteiger partial charge on any atom is -0.455 e. The Morgan fingerprint density at radius 3 is 2.57 bits per heavy atom. The second-order valence-electron chi connectivity index (χ2n) is 8.01. The largest absolute Gasteiger partial charge is 0.455 e. The molecule has 0 radical (unpaired) electrons. The second-order valence-corrected chi connectivity index (χ2v) is 9.87. The van der Waals surface area contributed by atoms with Gasteiger partial charge in [0.25, 0.3) is 5.91 Å². The van der Waals surface area contributed by atoms with Gasteiger partial charge in [-0.15, -0.1) is 11.3 Å². The van der Waals surface area contributed by atoms with Crippen LogP contribution < -0.4 is 0 Å². The Morgan fingerprint density at radius 1 is 1.21 bits per heavy atom. The fourth-order valence-corrected chi connectivity index (χ4v) is 5.52. The first-order valence-corrected chi connectivity index (χ1v) is 10.8. The highest BCUT2D eigenvalue weighted by atomic mass is 32.2. The minimum atomic E-state index is -0.609. The maximum Gasteiger partial charge on any atom is 0.316 e. The van der Waals surface area contributed by atoms with Crippen LogP contribution in [0.4, 0.5) is 0 Å². The molecule has 1 fully saturated rings. The van der Waals surface area contributed by atoms with E-state index in [0.717, 1.165) is 10.2 Å². The van der Waals surface area contributed by atoms with E-state index in [1.807, 2.05) is 39.1 Å². The lowest BCUT2D eigenvalue weighted by Gasteiger charge is -2.51. The summed E-state index contributed by atoms with van der Waals surface area (Å²) < 4.78 is 5.21. The number of aromatic nitrogens is 2. The first-order valence-electron chi connectivity index (χ1n) is 8.92. The summed E-state index contributed by atoms with van der Waals surface area (Å²) in [5, 5.41) is 3.54. The molecule has 3 heterocycles. The Labute approximate surface area is 171 Å². The molecule has 0 spiro atoms. The smallest absolute Gasteiger partial charge is 0.316 e. The van der Waals surface area contributed by atoms with Crippen molar-refractivity contribution < 1.29 is 19.1 Å². The number of hydrogen-bond donors (Lipinski definition) is 0. The van der Waals surface area contributed by atoms with Gasteiger partial charge in [-0.3, -0.25) is 14.4 Å². The minimum absolute atomic E-state index is 0.0561. The highest BCUT2D eigenvalue weighted by Gasteiger charge is 2.47. The second kappa shape index (κ2) is 7.79. The number of ether oxygens (including phenoxy) is 1. The number of nitrogens with zero attached hydrogens (tertiary/aromatic N) is 3. The molecular weight excluding hydrogens is 398 g/mol. The lowest BCUT2D eigenvalue weighted by Crippen LogP contribution is -2.63. The summed E-state index contributed by atoms with van der Waals surface area (Å²) in [5.41, 5.74) is -1.22. The average molecular weight is 422 g/mol. The summed E-state index contributed by atoms with van der Waals surface area (Å²) in [6.07, 6.45) is 2.07. The van der Waals surface area contributed by atoms with Gasteiger partial charge in [0.15, 0.2) is 6.61 Å². The van der Waals surface area contributed by atoms with E-state index in [0.29, 0.717) is 17.9 Å². The molecule has 28 heavy (non-hydrogen) atoms. The van der Waals surface area contributed by atoms with Crippen molar-refractivity contribution in [1.82, 2.24) is 14.9 Å². The van der Waals surface area contributed by atoms with Gasteiger partial charge >= 0.3 is 5.97 Å². The summed E-state index contributed by atoms with van der Waals surface area (Å²) in [6.45, 7) is 7.12. The van der Waals surface area contributed by atoms with Crippen molar-refractivity contribution in [3.63, 3.8) is 0 Å². The molecule has 0 saturated carbocycles.